The van der Waals surface area contributed by atoms with Crippen molar-refractivity contribution in [2.45, 2.75) is 54.1 Å². The minimum absolute atomic E-state index is 0.164. The van der Waals surface area contributed by atoms with Crippen LogP contribution in [0.3, 0.4) is 0 Å². The van der Waals surface area contributed by atoms with Gasteiger partial charge in [-0.05, 0) is 0 Å². The van der Waals surface area contributed by atoms with E-state index in [1.54, 1.807) is 0 Å². The Morgan fingerprint density at radius 1 is 0.485 bits per heavy atom. The van der Waals surface area contributed by atoms with Crippen LogP contribution >= 0.6 is 22.6 Å². The summed E-state index contributed by atoms with van der Waals surface area (Å²) in [5, 5.41) is 0. The fourth-order valence-electron chi connectivity index (χ4n) is 1.83. The largest absolute Gasteiger partial charge is 0.523 e. The molecule has 0 radical (unpaired) electrons. The minimum atomic E-state index is -8.46. The van der Waals surface area contributed by atoms with Crippen molar-refractivity contribution in [3.8, 4) is 0 Å². The van der Waals surface area contributed by atoms with Gasteiger partial charge in [-0.15, -0.1) is 26.3 Å². The van der Waals surface area contributed by atoms with Gasteiger partial charge in [0.05, 0.1) is 0 Å². The molecular weight excluding hydrogens is 652 g/mol. The standard InChI is InChI=1S/C11H4F19IO2/c12-4(13,2-32-10(25,26)27)6(16,17)8(20,21)7(18,19)5(14,15)3(1-31,9(22,23)24)33-11(28,29)30/h1-2H2. The molecule has 0 spiro atoms. The maximum absolute atomic E-state index is 14.0. The van der Waals surface area contributed by atoms with Crippen LogP contribution in [0.4, 0.5) is 83.4 Å². The first-order valence-electron chi connectivity index (χ1n) is 6.97. The Hall–Kier alpha value is -0.680. The highest BCUT2D eigenvalue weighted by Gasteiger charge is 2.92. The second-order valence-electron chi connectivity index (χ2n) is 5.74. The third kappa shape index (κ3) is 5.60. The summed E-state index contributed by atoms with van der Waals surface area (Å²) in [4.78, 5) is 0. The zero-order valence-electron chi connectivity index (χ0n) is 14.3. The number of hydrogen-bond donors (Lipinski definition) is 0. The predicted octanol–water partition coefficient (Wildman–Crippen LogP) is 6.97. The summed E-state index contributed by atoms with van der Waals surface area (Å²) < 4.78 is 247. The van der Waals surface area contributed by atoms with E-state index in [2.05, 4.69) is 0 Å². The fourth-order valence-corrected chi connectivity index (χ4v) is 2.89. The molecule has 0 saturated carbocycles. The summed E-state index contributed by atoms with van der Waals surface area (Å²) in [7, 11) is 0. The molecule has 1 unspecified atom stereocenters. The summed E-state index contributed by atoms with van der Waals surface area (Å²) in [5.74, 6) is -40.2. The van der Waals surface area contributed by atoms with Crippen LogP contribution in [0.2, 0.25) is 0 Å². The molecule has 0 aliphatic carbocycles. The first kappa shape index (κ1) is 32.3. The Kier molecular flexibility index (Phi) is 8.58. The van der Waals surface area contributed by atoms with Gasteiger partial charge in [-0.3, -0.25) is 9.47 Å². The Bertz CT molecular complexity index is 677. The van der Waals surface area contributed by atoms with E-state index >= 15 is 0 Å². The van der Waals surface area contributed by atoms with Crippen molar-refractivity contribution in [1.82, 2.24) is 0 Å². The van der Waals surface area contributed by atoms with Crippen molar-refractivity contribution in [1.29, 1.82) is 0 Å². The van der Waals surface area contributed by atoms with Gasteiger partial charge in [0.15, 0.2) is 0 Å². The van der Waals surface area contributed by atoms with Gasteiger partial charge in [0.1, 0.15) is 6.61 Å². The Morgan fingerprint density at radius 2 is 0.848 bits per heavy atom. The van der Waals surface area contributed by atoms with Crippen LogP contribution in [0.15, 0.2) is 0 Å². The smallest absolute Gasteiger partial charge is 0.285 e. The van der Waals surface area contributed by atoms with Crippen LogP contribution in [-0.2, 0) is 9.47 Å². The lowest BCUT2D eigenvalue weighted by molar-refractivity contribution is -0.485. The molecule has 0 aliphatic rings. The molecule has 1 atom stereocenters. The summed E-state index contributed by atoms with van der Waals surface area (Å²) in [5.41, 5.74) is -6.76. The third-order valence-corrected chi connectivity index (χ3v) is 4.58. The first-order valence-corrected chi connectivity index (χ1v) is 8.49. The zero-order chi connectivity index (χ0) is 27.3. The van der Waals surface area contributed by atoms with Gasteiger partial charge < -0.3 is 0 Å². The maximum atomic E-state index is 14.0. The maximum Gasteiger partial charge on any atom is 0.523 e. The van der Waals surface area contributed by atoms with E-state index in [9.17, 15) is 83.4 Å². The van der Waals surface area contributed by atoms with Gasteiger partial charge in [0.2, 0.25) is 0 Å². The molecule has 0 aromatic rings. The van der Waals surface area contributed by atoms with Crippen molar-refractivity contribution < 1.29 is 92.9 Å². The lowest BCUT2D eigenvalue weighted by Gasteiger charge is -2.46. The number of hydrogen-bond acceptors (Lipinski definition) is 2. The molecule has 0 bridgehead atoms. The molecule has 0 N–H and O–H groups in total. The normalized spacial score (nSPS) is 17.8. The minimum Gasteiger partial charge on any atom is -0.285 e. The molecule has 200 valence electrons. The zero-order valence-corrected chi connectivity index (χ0v) is 16.4. The topological polar surface area (TPSA) is 18.5 Å². The first-order chi connectivity index (χ1) is 14.0. The highest BCUT2D eigenvalue weighted by molar-refractivity contribution is 14.1. The van der Waals surface area contributed by atoms with E-state index in [4.69, 9.17) is 0 Å². The fraction of sp³-hybridized carbons (Fsp3) is 1.00. The summed E-state index contributed by atoms with van der Waals surface area (Å²) in [6.07, 6.45) is -20.7. The third-order valence-electron chi connectivity index (χ3n) is 3.50. The Labute approximate surface area is 181 Å². The molecule has 0 rings (SSSR count). The van der Waals surface area contributed by atoms with Crippen molar-refractivity contribution in [2.75, 3.05) is 11.0 Å². The predicted molar refractivity (Wildman–Crippen MR) is 71.6 cm³/mol. The summed E-state index contributed by atoms with van der Waals surface area (Å²) in [6.45, 7) is -3.93. The van der Waals surface area contributed by atoms with Crippen LogP contribution in [-0.4, -0.2) is 65.1 Å². The summed E-state index contributed by atoms with van der Waals surface area (Å²) in [6, 6.07) is 0. The number of rotatable bonds is 9. The van der Waals surface area contributed by atoms with E-state index in [-0.39, 0.29) is 22.6 Å². The van der Waals surface area contributed by atoms with E-state index in [1.165, 1.54) is 0 Å². The monoisotopic (exact) mass is 656 g/mol. The van der Waals surface area contributed by atoms with E-state index in [0.29, 0.717) is 0 Å². The van der Waals surface area contributed by atoms with Crippen LogP contribution < -0.4 is 0 Å². The van der Waals surface area contributed by atoms with E-state index in [1.807, 2.05) is 9.47 Å². The highest BCUT2D eigenvalue weighted by Crippen LogP contribution is 2.63. The SMILES string of the molecule is FC(F)(F)OCC(F)(F)C(F)(F)C(F)(F)C(F)(F)C(F)(F)C(CI)(OC(F)(F)F)C(F)(F)F. The van der Waals surface area contributed by atoms with Gasteiger partial charge >= 0.3 is 48.5 Å². The van der Waals surface area contributed by atoms with Crippen LogP contribution in [0.1, 0.15) is 0 Å². The van der Waals surface area contributed by atoms with Crippen molar-refractivity contribution in [3.05, 3.63) is 0 Å². The van der Waals surface area contributed by atoms with Gasteiger partial charge in [-0.2, -0.15) is 57.1 Å². The molecule has 0 aromatic heterocycles. The lowest BCUT2D eigenvalue weighted by atomic mass is 9.85. The Morgan fingerprint density at radius 3 is 1.12 bits per heavy atom. The molecule has 2 nitrogen and oxygen atoms in total. The molecule has 0 aliphatic heterocycles. The number of alkyl halides is 20. The van der Waals surface area contributed by atoms with Crippen LogP contribution in [0.25, 0.3) is 0 Å². The van der Waals surface area contributed by atoms with Crippen molar-refractivity contribution in [3.63, 3.8) is 0 Å². The quantitative estimate of drug-likeness (QED) is 0.152. The molecule has 0 aromatic carbocycles. The van der Waals surface area contributed by atoms with Gasteiger partial charge in [-0.1, -0.05) is 22.6 Å². The molecular formula is C11H4F19IO2. The van der Waals surface area contributed by atoms with Crippen molar-refractivity contribution >= 4 is 22.6 Å². The molecule has 0 saturated heterocycles. The van der Waals surface area contributed by atoms with Crippen LogP contribution in [0, 0.1) is 0 Å². The second-order valence-corrected chi connectivity index (χ2v) is 6.51. The van der Waals surface area contributed by atoms with Gasteiger partial charge in [-0.25, -0.2) is 0 Å². The molecule has 0 fully saturated rings. The second kappa shape index (κ2) is 8.76. The highest BCUT2D eigenvalue weighted by atomic mass is 127. The van der Waals surface area contributed by atoms with E-state index < -0.39 is 65.1 Å². The molecule has 0 heterocycles. The van der Waals surface area contributed by atoms with Gasteiger partial charge in [0, 0.05) is 4.43 Å². The summed E-state index contributed by atoms with van der Waals surface area (Å²) >= 11 is -0.164. The lowest BCUT2D eigenvalue weighted by Crippen LogP contribution is -2.76. The van der Waals surface area contributed by atoms with Gasteiger partial charge in [0.25, 0.3) is 5.60 Å². The van der Waals surface area contributed by atoms with Crippen LogP contribution in [0.5, 0.6) is 0 Å². The molecule has 22 heteroatoms. The molecule has 0 amide bonds. The molecule has 33 heavy (non-hydrogen) atoms. The number of ether oxygens (including phenoxy) is 2. The van der Waals surface area contributed by atoms with E-state index in [0.717, 1.165) is 0 Å². The average molecular weight is 656 g/mol. The Balaban J connectivity index is 6.86. The van der Waals surface area contributed by atoms with Crippen molar-refractivity contribution in [2.24, 2.45) is 0 Å². The average Bonchev–Trinajstić information content (AvgIpc) is 2.54. The number of halogens is 20.